The molecule has 26 heavy (non-hydrogen) atoms. The smallest absolute Gasteiger partial charge is 0.222 e. The third-order valence-corrected chi connectivity index (χ3v) is 5.73. The van der Waals surface area contributed by atoms with E-state index in [1.807, 2.05) is 29.5 Å². The van der Waals surface area contributed by atoms with Gasteiger partial charge in [-0.2, -0.15) is 4.98 Å². The van der Waals surface area contributed by atoms with E-state index in [2.05, 4.69) is 32.4 Å². The Labute approximate surface area is 156 Å². The van der Waals surface area contributed by atoms with Crippen LogP contribution in [0.2, 0.25) is 0 Å². The lowest BCUT2D eigenvalue weighted by atomic mass is 9.98. The summed E-state index contributed by atoms with van der Waals surface area (Å²) < 4.78 is 6.10. The second kappa shape index (κ2) is 7.47. The van der Waals surface area contributed by atoms with Crippen molar-refractivity contribution in [3.63, 3.8) is 0 Å². The van der Waals surface area contributed by atoms with Crippen LogP contribution in [0, 0.1) is 5.92 Å². The molecule has 0 atom stereocenters. The van der Waals surface area contributed by atoms with Crippen LogP contribution in [0.25, 0.3) is 10.9 Å². The minimum Gasteiger partial charge on any atom is -0.492 e. The van der Waals surface area contributed by atoms with E-state index in [0.717, 1.165) is 49.1 Å². The molecule has 0 amide bonds. The highest BCUT2D eigenvalue weighted by atomic mass is 32.1. The van der Waals surface area contributed by atoms with E-state index in [9.17, 15) is 0 Å². The van der Waals surface area contributed by atoms with Gasteiger partial charge in [-0.1, -0.05) is 12.1 Å². The molecule has 6 nitrogen and oxygen atoms in total. The Morgan fingerprint density at radius 3 is 2.73 bits per heavy atom. The molecule has 4 N–H and O–H groups in total. The number of likely N-dealkylation sites (tertiary alicyclic amines) is 1. The summed E-state index contributed by atoms with van der Waals surface area (Å²) in [6.45, 7) is 3.98. The van der Waals surface area contributed by atoms with Gasteiger partial charge in [0, 0.05) is 11.4 Å². The molecule has 1 aromatic carbocycles. The first-order valence-corrected chi connectivity index (χ1v) is 9.76. The number of aromatic nitrogens is 2. The zero-order chi connectivity index (χ0) is 17.9. The Bertz CT molecular complexity index is 875. The Morgan fingerprint density at radius 1 is 1.12 bits per heavy atom. The molecule has 0 bridgehead atoms. The maximum absolute atomic E-state index is 6.10. The van der Waals surface area contributed by atoms with Crippen molar-refractivity contribution in [1.82, 2.24) is 14.9 Å². The minimum absolute atomic E-state index is 0.185. The molecule has 1 aliphatic heterocycles. The quantitative estimate of drug-likeness (QED) is 0.718. The molecule has 4 rings (SSSR count). The molecule has 2 aromatic heterocycles. The van der Waals surface area contributed by atoms with Crippen LogP contribution in [0.5, 0.6) is 5.75 Å². The van der Waals surface area contributed by atoms with Gasteiger partial charge >= 0.3 is 0 Å². The van der Waals surface area contributed by atoms with E-state index in [-0.39, 0.29) is 5.95 Å². The number of thiophene rings is 1. The number of ether oxygens (including phenoxy) is 1. The van der Waals surface area contributed by atoms with Crippen LogP contribution in [0.4, 0.5) is 11.8 Å². The van der Waals surface area contributed by atoms with Crippen LogP contribution in [-0.4, -0.2) is 34.6 Å². The molecule has 7 heteroatoms. The highest BCUT2D eigenvalue weighted by Crippen LogP contribution is 2.30. The number of fused-ring (bicyclic) bond motifs is 1. The van der Waals surface area contributed by atoms with Gasteiger partial charge in [0.2, 0.25) is 5.95 Å². The zero-order valence-corrected chi connectivity index (χ0v) is 15.4. The van der Waals surface area contributed by atoms with Gasteiger partial charge in [0.05, 0.1) is 17.5 Å². The van der Waals surface area contributed by atoms with Gasteiger partial charge in [-0.3, -0.25) is 4.90 Å². The predicted molar refractivity (Wildman–Crippen MR) is 106 cm³/mol. The molecule has 1 aliphatic rings. The first kappa shape index (κ1) is 17.1. The van der Waals surface area contributed by atoms with Crippen molar-refractivity contribution in [2.24, 2.45) is 5.92 Å². The van der Waals surface area contributed by atoms with E-state index >= 15 is 0 Å². The van der Waals surface area contributed by atoms with Crippen molar-refractivity contribution in [3.05, 3.63) is 40.6 Å². The summed E-state index contributed by atoms with van der Waals surface area (Å²) in [4.78, 5) is 12.3. The minimum atomic E-state index is 0.185. The van der Waals surface area contributed by atoms with E-state index in [1.165, 1.54) is 4.88 Å². The van der Waals surface area contributed by atoms with Crippen LogP contribution >= 0.6 is 11.3 Å². The zero-order valence-electron chi connectivity index (χ0n) is 14.6. The van der Waals surface area contributed by atoms with Gasteiger partial charge in [0.1, 0.15) is 11.6 Å². The number of hydrogen-bond acceptors (Lipinski definition) is 7. The van der Waals surface area contributed by atoms with Gasteiger partial charge in [-0.05, 0) is 55.4 Å². The van der Waals surface area contributed by atoms with Crippen molar-refractivity contribution < 1.29 is 4.74 Å². The molecule has 0 spiro atoms. The summed E-state index contributed by atoms with van der Waals surface area (Å²) >= 11 is 1.83. The second-order valence-electron chi connectivity index (χ2n) is 6.73. The molecule has 1 saturated heterocycles. The fraction of sp³-hybridized carbons (Fsp3) is 0.368. The number of nitrogens with zero attached hydrogens (tertiary/aromatic N) is 3. The van der Waals surface area contributed by atoms with Crippen LogP contribution in [0.1, 0.15) is 17.7 Å². The van der Waals surface area contributed by atoms with Crippen LogP contribution in [0.15, 0.2) is 35.7 Å². The van der Waals surface area contributed by atoms with Crippen molar-refractivity contribution in [2.45, 2.75) is 19.4 Å². The van der Waals surface area contributed by atoms with Crippen LogP contribution in [0.3, 0.4) is 0 Å². The number of anilines is 2. The SMILES string of the molecule is Nc1nc(N)c2c(OCC3CCN(Cc4cccs4)CC3)cccc2n1. The maximum Gasteiger partial charge on any atom is 0.222 e. The highest BCUT2D eigenvalue weighted by molar-refractivity contribution is 7.09. The second-order valence-corrected chi connectivity index (χ2v) is 7.76. The molecular formula is C19H23N5OS. The summed E-state index contributed by atoms with van der Waals surface area (Å²) in [5.41, 5.74) is 12.4. The molecule has 1 fully saturated rings. The summed E-state index contributed by atoms with van der Waals surface area (Å²) in [5.74, 6) is 1.85. The molecule has 0 unspecified atom stereocenters. The van der Waals surface area contributed by atoms with Crippen molar-refractivity contribution in [1.29, 1.82) is 0 Å². The molecule has 136 valence electrons. The lowest BCUT2D eigenvalue weighted by Crippen LogP contribution is -2.34. The lowest BCUT2D eigenvalue weighted by Gasteiger charge is -2.31. The molecule has 0 radical (unpaired) electrons. The fourth-order valence-electron chi connectivity index (χ4n) is 3.46. The number of piperidine rings is 1. The first-order valence-electron chi connectivity index (χ1n) is 8.88. The van der Waals surface area contributed by atoms with Gasteiger partial charge in [0.15, 0.2) is 0 Å². The van der Waals surface area contributed by atoms with Gasteiger partial charge in [-0.25, -0.2) is 4.98 Å². The normalized spacial score (nSPS) is 16.2. The summed E-state index contributed by atoms with van der Waals surface area (Å²) in [6.07, 6.45) is 2.30. The third-order valence-electron chi connectivity index (χ3n) is 4.87. The van der Waals surface area contributed by atoms with Crippen LogP contribution in [-0.2, 0) is 6.54 Å². The average Bonchev–Trinajstić information content (AvgIpc) is 3.13. The Balaban J connectivity index is 1.36. The lowest BCUT2D eigenvalue weighted by molar-refractivity contribution is 0.138. The average molecular weight is 369 g/mol. The van der Waals surface area contributed by atoms with E-state index in [1.54, 1.807) is 0 Å². The van der Waals surface area contributed by atoms with Crippen molar-refractivity contribution >= 4 is 34.0 Å². The standard InChI is InChI=1S/C19H23N5OS/c20-18-17-15(22-19(21)23-18)4-1-5-16(17)25-12-13-6-8-24(9-7-13)11-14-3-2-10-26-14/h1-5,10,13H,6-9,11-12H2,(H4,20,21,22,23). The van der Waals surface area contributed by atoms with E-state index in [0.29, 0.717) is 18.3 Å². The van der Waals surface area contributed by atoms with Crippen molar-refractivity contribution in [2.75, 3.05) is 31.2 Å². The summed E-state index contributed by atoms with van der Waals surface area (Å²) in [6, 6.07) is 10.0. The topological polar surface area (TPSA) is 90.3 Å². The molecule has 3 aromatic rings. The number of nitrogens with two attached hydrogens (primary N) is 2. The predicted octanol–water partition coefficient (Wildman–Crippen LogP) is 3.15. The fourth-order valence-corrected chi connectivity index (χ4v) is 4.21. The van der Waals surface area contributed by atoms with Gasteiger partial charge < -0.3 is 16.2 Å². The third kappa shape index (κ3) is 3.73. The van der Waals surface area contributed by atoms with E-state index in [4.69, 9.17) is 16.2 Å². The maximum atomic E-state index is 6.10. The highest BCUT2D eigenvalue weighted by Gasteiger charge is 2.20. The van der Waals surface area contributed by atoms with Crippen LogP contribution < -0.4 is 16.2 Å². The number of benzene rings is 1. The monoisotopic (exact) mass is 369 g/mol. The summed E-state index contributed by atoms with van der Waals surface area (Å²) in [5, 5.41) is 2.89. The molecule has 3 heterocycles. The van der Waals surface area contributed by atoms with Crippen molar-refractivity contribution in [3.8, 4) is 5.75 Å². The Kier molecular flexibility index (Phi) is 4.90. The van der Waals surface area contributed by atoms with Gasteiger partial charge in [-0.15, -0.1) is 11.3 Å². The first-order chi connectivity index (χ1) is 12.7. The molecule has 0 aliphatic carbocycles. The van der Waals surface area contributed by atoms with E-state index < -0.39 is 0 Å². The number of hydrogen-bond donors (Lipinski definition) is 2. The Morgan fingerprint density at radius 2 is 1.96 bits per heavy atom. The van der Waals surface area contributed by atoms with Gasteiger partial charge in [0.25, 0.3) is 0 Å². The Hall–Kier alpha value is -2.38. The number of nitrogen functional groups attached to an aromatic ring is 2. The summed E-state index contributed by atoms with van der Waals surface area (Å²) in [7, 11) is 0. The molecule has 0 saturated carbocycles. The number of rotatable bonds is 5. The largest absolute Gasteiger partial charge is 0.492 e. The molecular weight excluding hydrogens is 346 g/mol.